The highest BCUT2D eigenvalue weighted by Crippen LogP contribution is 2.33. The maximum Gasteiger partial charge on any atom is 0.228 e. The minimum Gasteiger partial charge on any atom is -0.329 e. The molecule has 0 fully saturated rings. The smallest absolute Gasteiger partial charge is 0.228 e. The number of carbonyl (C=O) groups excluding carboxylic acids is 1. The quantitative estimate of drug-likeness (QED) is 0.861. The van der Waals surface area contributed by atoms with Crippen molar-refractivity contribution in [3.63, 3.8) is 0 Å². The predicted molar refractivity (Wildman–Crippen MR) is 92.4 cm³/mol. The molecule has 126 valence electrons. The number of amides is 1. The molecule has 0 aliphatic rings. The number of hydrogen-bond donors (Lipinski definition) is 2. The number of nitrogens with one attached hydrogen (secondary N) is 1. The Hall–Kier alpha value is -1.57. The van der Waals surface area contributed by atoms with Crippen molar-refractivity contribution in [1.82, 2.24) is 9.55 Å². The Bertz CT molecular complexity index is 677. The molecule has 0 saturated carbocycles. The van der Waals surface area contributed by atoms with Crippen LogP contribution in [0.5, 0.6) is 0 Å². The Morgan fingerprint density at radius 3 is 2.70 bits per heavy atom. The molecule has 5 nitrogen and oxygen atoms in total. The molecular formula is C15H20ClFN4OS. The van der Waals surface area contributed by atoms with Crippen LogP contribution in [0.1, 0.15) is 13.8 Å². The number of rotatable bonds is 5. The molecule has 0 radical (unpaired) electrons. The van der Waals surface area contributed by atoms with Crippen molar-refractivity contribution < 1.29 is 9.18 Å². The van der Waals surface area contributed by atoms with Crippen molar-refractivity contribution in [3.8, 4) is 0 Å². The van der Waals surface area contributed by atoms with Gasteiger partial charge < -0.3 is 15.6 Å². The number of aryl methyl sites for hydroxylation is 1. The molecule has 1 heterocycles. The van der Waals surface area contributed by atoms with Gasteiger partial charge in [-0.05, 0) is 36.9 Å². The first kappa shape index (κ1) is 19.5. The van der Waals surface area contributed by atoms with E-state index in [0.717, 1.165) is 10.1 Å². The van der Waals surface area contributed by atoms with Gasteiger partial charge in [0.1, 0.15) is 5.82 Å². The highest BCUT2D eigenvalue weighted by Gasteiger charge is 2.19. The first-order valence-corrected chi connectivity index (χ1v) is 7.71. The maximum atomic E-state index is 13.5. The van der Waals surface area contributed by atoms with E-state index in [9.17, 15) is 9.18 Å². The van der Waals surface area contributed by atoms with Crippen LogP contribution in [0.25, 0.3) is 0 Å². The topological polar surface area (TPSA) is 72.9 Å². The van der Waals surface area contributed by atoms with Crippen LogP contribution in [-0.2, 0) is 11.8 Å². The number of hydrogen-bond acceptors (Lipinski definition) is 4. The summed E-state index contributed by atoms with van der Waals surface area (Å²) in [5.41, 5.74) is 6.16. The summed E-state index contributed by atoms with van der Waals surface area (Å²) in [6, 6.07) is 4.01. The summed E-state index contributed by atoms with van der Waals surface area (Å²) in [5.74, 6) is -1.01. The standard InChI is InChI=1S/C15H19FN4OS.ClH/c1-9(10(2)17)14(21)19-12-8-11(16)4-5-13(12)22-15-18-6-7-20(15)3;/h4-10H,17H2,1-3H3,(H,19,21);1H. The number of anilines is 1. The zero-order chi connectivity index (χ0) is 16.3. The lowest BCUT2D eigenvalue weighted by Gasteiger charge is -2.17. The minimum atomic E-state index is -0.409. The molecule has 2 aromatic rings. The lowest BCUT2D eigenvalue weighted by molar-refractivity contribution is -0.119. The molecule has 0 bridgehead atoms. The third-order valence-corrected chi connectivity index (χ3v) is 4.53. The van der Waals surface area contributed by atoms with Crippen LogP contribution >= 0.6 is 24.2 Å². The fourth-order valence-corrected chi connectivity index (χ4v) is 2.59. The van der Waals surface area contributed by atoms with E-state index in [1.165, 1.54) is 23.9 Å². The first-order valence-electron chi connectivity index (χ1n) is 6.89. The summed E-state index contributed by atoms with van der Waals surface area (Å²) in [6.45, 7) is 3.50. The van der Waals surface area contributed by atoms with Crippen LogP contribution in [-0.4, -0.2) is 21.5 Å². The van der Waals surface area contributed by atoms with E-state index in [1.54, 1.807) is 26.1 Å². The van der Waals surface area contributed by atoms with Gasteiger partial charge in [0.2, 0.25) is 5.91 Å². The number of aromatic nitrogens is 2. The number of carbonyl (C=O) groups is 1. The summed E-state index contributed by atoms with van der Waals surface area (Å²) < 4.78 is 15.4. The van der Waals surface area contributed by atoms with Gasteiger partial charge in [-0.15, -0.1) is 12.4 Å². The molecule has 23 heavy (non-hydrogen) atoms. The van der Waals surface area contributed by atoms with E-state index in [1.807, 2.05) is 17.8 Å². The monoisotopic (exact) mass is 358 g/mol. The van der Waals surface area contributed by atoms with Crippen molar-refractivity contribution in [1.29, 1.82) is 0 Å². The van der Waals surface area contributed by atoms with Crippen LogP contribution < -0.4 is 11.1 Å². The van der Waals surface area contributed by atoms with Crippen molar-refractivity contribution in [2.24, 2.45) is 18.7 Å². The number of nitrogens with two attached hydrogens (primary N) is 1. The van der Waals surface area contributed by atoms with E-state index in [4.69, 9.17) is 5.73 Å². The van der Waals surface area contributed by atoms with Crippen molar-refractivity contribution in [2.45, 2.75) is 29.9 Å². The van der Waals surface area contributed by atoms with Gasteiger partial charge in [0.25, 0.3) is 0 Å². The van der Waals surface area contributed by atoms with Gasteiger partial charge in [-0.2, -0.15) is 0 Å². The maximum absolute atomic E-state index is 13.5. The molecule has 0 aliphatic heterocycles. The number of benzene rings is 1. The molecular weight excluding hydrogens is 339 g/mol. The van der Waals surface area contributed by atoms with Crippen LogP contribution in [0.15, 0.2) is 40.6 Å². The molecule has 8 heteroatoms. The van der Waals surface area contributed by atoms with Crippen LogP contribution in [0.4, 0.5) is 10.1 Å². The molecule has 1 aromatic heterocycles. The molecule has 1 amide bonds. The van der Waals surface area contributed by atoms with Gasteiger partial charge in [0.15, 0.2) is 5.16 Å². The molecule has 0 spiro atoms. The molecule has 2 atom stereocenters. The van der Waals surface area contributed by atoms with Gasteiger partial charge in [-0.1, -0.05) is 6.92 Å². The molecule has 2 unspecified atom stereocenters. The van der Waals surface area contributed by atoms with E-state index in [-0.39, 0.29) is 30.3 Å². The van der Waals surface area contributed by atoms with Crippen LogP contribution in [0.2, 0.25) is 0 Å². The highest BCUT2D eigenvalue weighted by molar-refractivity contribution is 7.99. The summed E-state index contributed by atoms with van der Waals surface area (Å²) in [5, 5.41) is 3.50. The fourth-order valence-electron chi connectivity index (χ4n) is 1.72. The lowest BCUT2D eigenvalue weighted by atomic mass is 10.0. The summed E-state index contributed by atoms with van der Waals surface area (Å²) in [7, 11) is 1.87. The van der Waals surface area contributed by atoms with Crippen molar-refractivity contribution in [2.75, 3.05) is 5.32 Å². The zero-order valence-electron chi connectivity index (χ0n) is 13.1. The van der Waals surface area contributed by atoms with E-state index in [2.05, 4.69) is 10.3 Å². The number of nitrogens with zero attached hydrogens (tertiary/aromatic N) is 2. The Morgan fingerprint density at radius 1 is 1.43 bits per heavy atom. The SMILES string of the molecule is CC(N)C(C)C(=O)Nc1cc(F)ccc1Sc1nccn1C.Cl. The Morgan fingerprint density at radius 2 is 2.13 bits per heavy atom. The lowest BCUT2D eigenvalue weighted by Crippen LogP contribution is -2.34. The third-order valence-electron chi connectivity index (χ3n) is 3.38. The van der Waals surface area contributed by atoms with E-state index in [0.29, 0.717) is 5.69 Å². The molecule has 2 rings (SSSR count). The summed E-state index contributed by atoms with van der Waals surface area (Å²) >= 11 is 1.36. The molecule has 0 saturated heterocycles. The average molecular weight is 359 g/mol. The molecule has 3 N–H and O–H groups in total. The average Bonchev–Trinajstić information content (AvgIpc) is 2.86. The van der Waals surface area contributed by atoms with Gasteiger partial charge in [0.05, 0.1) is 11.6 Å². The first-order chi connectivity index (χ1) is 10.4. The molecule has 0 aliphatic carbocycles. The Kier molecular flexibility index (Phi) is 7.05. The predicted octanol–water partition coefficient (Wildman–Crippen LogP) is 3.05. The normalized spacial score (nSPS) is 13.1. The minimum absolute atomic E-state index is 0. The molecule has 1 aromatic carbocycles. The van der Waals surface area contributed by atoms with Gasteiger partial charge in [-0.25, -0.2) is 9.37 Å². The van der Waals surface area contributed by atoms with Gasteiger partial charge in [-0.3, -0.25) is 4.79 Å². The second-order valence-corrected chi connectivity index (χ2v) is 6.21. The zero-order valence-corrected chi connectivity index (χ0v) is 14.7. The van der Waals surface area contributed by atoms with E-state index >= 15 is 0 Å². The Labute approximate surface area is 145 Å². The number of halogens is 2. The number of imidazole rings is 1. The van der Waals surface area contributed by atoms with Crippen molar-refractivity contribution in [3.05, 3.63) is 36.4 Å². The fraction of sp³-hybridized carbons (Fsp3) is 0.333. The highest BCUT2D eigenvalue weighted by atomic mass is 35.5. The second-order valence-electron chi connectivity index (χ2n) is 5.20. The summed E-state index contributed by atoms with van der Waals surface area (Å²) in [6.07, 6.45) is 3.50. The van der Waals surface area contributed by atoms with E-state index < -0.39 is 5.82 Å². The second kappa shape index (κ2) is 8.33. The Balaban J connectivity index is 0.00000264. The van der Waals surface area contributed by atoms with Crippen LogP contribution in [0.3, 0.4) is 0 Å². The van der Waals surface area contributed by atoms with Gasteiger partial charge >= 0.3 is 0 Å². The van der Waals surface area contributed by atoms with Crippen molar-refractivity contribution >= 4 is 35.8 Å². The summed E-state index contributed by atoms with van der Waals surface area (Å²) in [4.78, 5) is 17.1. The van der Waals surface area contributed by atoms with Crippen LogP contribution in [0, 0.1) is 11.7 Å². The van der Waals surface area contributed by atoms with Gasteiger partial charge in [0, 0.05) is 30.4 Å². The third kappa shape index (κ3) is 4.95. The largest absolute Gasteiger partial charge is 0.329 e.